The first kappa shape index (κ1) is 17.0. The van der Waals surface area contributed by atoms with Crippen molar-refractivity contribution in [1.82, 2.24) is 14.6 Å². The zero-order chi connectivity index (χ0) is 17.0. The number of hydrogen-bond donors (Lipinski definition) is 2. The van der Waals surface area contributed by atoms with E-state index in [-0.39, 0.29) is 11.1 Å². The molecule has 5 heteroatoms. The summed E-state index contributed by atoms with van der Waals surface area (Å²) >= 11 is 0. The van der Waals surface area contributed by atoms with Crippen molar-refractivity contribution in [2.75, 3.05) is 0 Å². The number of benzene rings is 1. The van der Waals surface area contributed by atoms with Gasteiger partial charge in [-0.2, -0.15) is 0 Å². The minimum atomic E-state index is -0.385. The van der Waals surface area contributed by atoms with Gasteiger partial charge in [-0.15, -0.1) is 5.10 Å². The molecule has 2 heterocycles. The lowest BCUT2D eigenvalue weighted by atomic mass is 9.95. The molecule has 0 bridgehead atoms. The predicted molar refractivity (Wildman–Crippen MR) is 94.4 cm³/mol. The van der Waals surface area contributed by atoms with Gasteiger partial charge in [-0.3, -0.25) is 4.79 Å². The van der Waals surface area contributed by atoms with Crippen LogP contribution < -0.4 is 11.3 Å². The molecule has 0 saturated carbocycles. The van der Waals surface area contributed by atoms with Gasteiger partial charge in [-0.1, -0.05) is 44.5 Å². The van der Waals surface area contributed by atoms with Gasteiger partial charge in [0, 0.05) is 17.3 Å². The molecular weight excluding hydrogens is 288 g/mol. The highest BCUT2D eigenvalue weighted by atomic mass is 16.1. The lowest BCUT2D eigenvalue weighted by Gasteiger charge is -2.19. The van der Waals surface area contributed by atoms with Crippen LogP contribution in [-0.4, -0.2) is 14.6 Å². The Bertz CT molecular complexity index is 823. The molecule has 0 fully saturated rings. The zero-order valence-corrected chi connectivity index (χ0v) is 14.1. The minimum Gasteiger partial charge on any atom is -0.322 e. The predicted octanol–water partition coefficient (Wildman–Crippen LogP) is 3.30. The smallest absolute Gasteiger partial charge is 0.275 e. The number of fused-ring (bicyclic) bond motifs is 1. The second-order valence-corrected chi connectivity index (χ2v) is 6.15. The summed E-state index contributed by atoms with van der Waals surface area (Å²) in [4.78, 5) is 14.7. The van der Waals surface area contributed by atoms with Gasteiger partial charge in [0.25, 0.3) is 5.56 Å². The lowest BCUT2D eigenvalue weighted by Crippen LogP contribution is -2.28. The van der Waals surface area contributed by atoms with Crippen molar-refractivity contribution < 1.29 is 0 Å². The molecule has 0 saturated heterocycles. The molecule has 0 spiro atoms. The van der Waals surface area contributed by atoms with Gasteiger partial charge in [-0.05, 0) is 31.5 Å². The SMILES string of the molecule is CC(C)(N)c1ccc(-c2nn3cccc3c(=O)[nH]2)cc1.CCC. The van der Waals surface area contributed by atoms with Gasteiger partial charge in [-0.25, -0.2) is 4.52 Å². The van der Waals surface area contributed by atoms with E-state index < -0.39 is 0 Å². The molecule has 2 aromatic heterocycles. The fraction of sp³-hybridized carbons (Fsp3) is 0.333. The van der Waals surface area contributed by atoms with Gasteiger partial charge in [0.15, 0.2) is 5.82 Å². The zero-order valence-electron chi connectivity index (χ0n) is 14.1. The molecular formula is C18H24N4O. The fourth-order valence-electron chi connectivity index (χ4n) is 2.13. The third-order valence-electron chi connectivity index (χ3n) is 3.30. The average Bonchev–Trinajstić information content (AvgIpc) is 2.96. The van der Waals surface area contributed by atoms with Gasteiger partial charge >= 0.3 is 0 Å². The lowest BCUT2D eigenvalue weighted by molar-refractivity contribution is 0.554. The van der Waals surface area contributed by atoms with Crippen molar-refractivity contribution >= 4 is 5.52 Å². The molecule has 0 amide bonds. The molecule has 0 unspecified atom stereocenters. The van der Waals surface area contributed by atoms with Crippen molar-refractivity contribution in [3.8, 4) is 11.4 Å². The third kappa shape index (κ3) is 3.87. The number of hydrogen-bond acceptors (Lipinski definition) is 3. The fourth-order valence-corrected chi connectivity index (χ4v) is 2.13. The maximum atomic E-state index is 11.9. The summed E-state index contributed by atoms with van der Waals surface area (Å²) < 4.78 is 1.58. The van der Waals surface area contributed by atoms with E-state index in [2.05, 4.69) is 23.9 Å². The highest BCUT2D eigenvalue weighted by Crippen LogP contribution is 2.20. The summed E-state index contributed by atoms with van der Waals surface area (Å²) in [5, 5.41) is 4.39. The molecule has 23 heavy (non-hydrogen) atoms. The number of nitrogens with zero attached hydrogens (tertiary/aromatic N) is 2. The summed E-state index contributed by atoms with van der Waals surface area (Å²) in [6, 6.07) is 11.3. The van der Waals surface area contributed by atoms with Gasteiger partial charge < -0.3 is 10.7 Å². The first-order valence-electron chi connectivity index (χ1n) is 7.84. The van der Waals surface area contributed by atoms with Crippen LogP contribution in [0.25, 0.3) is 16.9 Å². The average molecular weight is 312 g/mol. The van der Waals surface area contributed by atoms with Crippen molar-refractivity contribution in [3.05, 3.63) is 58.5 Å². The van der Waals surface area contributed by atoms with Crippen molar-refractivity contribution in [2.24, 2.45) is 5.73 Å². The maximum absolute atomic E-state index is 11.9. The molecule has 3 N–H and O–H groups in total. The summed E-state index contributed by atoms with van der Waals surface area (Å²) in [6.07, 6.45) is 3.01. The van der Waals surface area contributed by atoms with E-state index in [0.29, 0.717) is 11.3 Å². The van der Waals surface area contributed by atoms with Crippen LogP contribution in [0.3, 0.4) is 0 Å². The highest BCUT2D eigenvalue weighted by molar-refractivity contribution is 5.57. The molecule has 5 nitrogen and oxygen atoms in total. The molecule has 0 atom stereocenters. The van der Waals surface area contributed by atoms with E-state index in [1.807, 2.05) is 38.1 Å². The second kappa shape index (κ2) is 6.79. The molecule has 1 aromatic carbocycles. The van der Waals surface area contributed by atoms with E-state index in [9.17, 15) is 4.79 Å². The van der Waals surface area contributed by atoms with Crippen LogP contribution in [0, 0.1) is 0 Å². The van der Waals surface area contributed by atoms with Crippen molar-refractivity contribution in [3.63, 3.8) is 0 Å². The number of aromatic amines is 1. The van der Waals surface area contributed by atoms with Gasteiger partial charge in [0.2, 0.25) is 0 Å². The van der Waals surface area contributed by atoms with Crippen molar-refractivity contribution in [1.29, 1.82) is 0 Å². The highest BCUT2D eigenvalue weighted by Gasteiger charge is 2.14. The number of aromatic nitrogens is 3. The van der Waals surface area contributed by atoms with E-state index in [1.165, 1.54) is 6.42 Å². The number of nitrogens with two attached hydrogens (primary N) is 1. The Hall–Kier alpha value is -2.40. The standard InChI is InChI=1S/C15H16N4O.C3H8/c1-15(2,16)11-7-5-10(6-8-11)13-17-14(20)12-4-3-9-19(12)18-13;1-3-2/h3-9H,16H2,1-2H3,(H,17,18,20);3H2,1-2H3. The first-order valence-corrected chi connectivity index (χ1v) is 7.84. The number of rotatable bonds is 2. The summed E-state index contributed by atoms with van der Waals surface area (Å²) in [5.41, 5.74) is 7.94. The minimum absolute atomic E-state index is 0.150. The topological polar surface area (TPSA) is 76.2 Å². The third-order valence-corrected chi connectivity index (χ3v) is 3.30. The van der Waals surface area contributed by atoms with Crippen LogP contribution in [0.4, 0.5) is 0 Å². The van der Waals surface area contributed by atoms with Crippen molar-refractivity contribution in [2.45, 2.75) is 39.7 Å². The largest absolute Gasteiger partial charge is 0.322 e. The van der Waals surface area contributed by atoms with Crippen LogP contribution in [0.15, 0.2) is 47.4 Å². The molecule has 0 radical (unpaired) electrons. The van der Waals surface area contributed by atoms with E-state index >= 15 is 0 Å². The number of H-pyrrole nitrogens is 1. The first-order chi connectivity index (χ1) is 10.9. The monoisotopic (exact) mass is 312 g/mol. The number of nitrogens with one attached hydrogen (secondary N) is 1. The molecule has 3 rings (SSSR count). The Labute approximate surface area is 136 Å². The normalized spacial score (nSPS) is 11.2. The Balaban J connectivity index is 0.000000595. The molecule has 122 valence electrons. The van der Waals surface area contributed by atoms with Crippen LogP contribution in [0.2, 0.25) is 0 Å². The van der Waals surface area contributed by atoms with Crippen LogP contribution in [-0.2, 0) is 5.54 Å². The second-order valence-electron chi connectivity index (χ2n) is 6.15. The Morgan fingerprint density at radius 3 is 2.35 bits per heavy atom. The summed E-state index contributed by atoms with van der Waals surface area (Å²) in [7, 11) is 0. The Morgan fingerprint density at radius 2 is 1.78 bits per heavy atom. The maximum Gasteiger partial charge on any atom is 0.275 e. The van der Waals surface area contributed by atoms with Gasteiger partial charge in [0.05, 0.1) is 0 Å². The van der Waals surface area contributed by atoms with Gasteiger partial charge in [0.1, 0.15) is 5.52 Å². The molecule has 0 aliphatic carbocycles. The van der Waals surface area contributed by atoms with E-state index in [4.69, 9.17) is 5.73 Å². The van der Waals surface area contributed by atoms with Crippen LogP contribution in [0.1, 0.15) is 39.7 Å². The van der Waals surface area contributed by atoms with E-state index in [0.717, 1.165) is 11.1 Å². The van der Waals surface area contributed by atoms with Crippen LogP contribution >= 0.6 is 0 Å². The quantitative estimate of drug-likeness (QED) is 0.762. The molecule has 0 aliphatic heterocycles. The molecule has 3 aromatic rings. The molecule has 0 aliphatic rings. The van der Waals surface area contributed by atoms with E-state index in [1.54, 1.807) is 22.8 Å². The Morgan fingerprint density at radius 1 is 1.17 bits per heavy atom. The van der Waals surface area contributed by atoms with Crippen LogP contribution in [0.5, 0.6) is 0 Å². The summed E-state index contributed by atoms with van der Waals surface area (Å²) in [5.74, 6) is 0.542. The summed E-state index contributed by atoms with van der Waals surface area (Å²) in [6.45, 7) is 8.15. The Kier molecular flexibility index (Phi) is 5.01.